The summed E-state index contributed by atoms with van der Waals surface area (Å²) in [5.74, 6) is 0. The van der Waals surface area contributed by atoms with Gasteiger partial charge in [-0.3, -0.25) is 4.79 Å². The molecule has 98 valence electrons. The molecule has 1 aliphatic rings. The summed E-state index contributed by atoms with van der Waals surface area (Å²) in [5.41, 5.74) is 0. The van der Waals surface area contributed by atoms with Crippen molar-refractivity contribution in [3.8, 4) is 0 Å². The monoisotopic (exact) mass is 319 g/mol. The van der Waals surface area contributed by atoms with Gasteiger partial charge in [0.15, 0.2) is 5.11 Å². The Morgan fingerprint density at radius 1 is 1.41 bits per heavy atom. The van der Waals surface area contributed by atoms with Crippen LogP contribution in [0.5, 0.6) is 0 Å². The molecule has 0 aliphatic carbocycles. The first-order chi connectivity index (χ1) is 7.95. The second-order valence-corrected chi connectivity index (χ2v) is 6.06. The van der Waals surface area contributed by atoms with E-state index in [1.54, 1.807) is 0 Å². The van der Waals surface area contributed by atoms with E-state index in [1.165, 1.54) is 0 Å². The average Bonchev–Trinajstić information content (AvgIpc) is 2.28. The maximum Gasteiger partial charge on any atom is 0.228 e. The van der Waals surface area contributed by atoms with Gasteiger partial charge in [0.1, 0.15) is 6.17 Å². The Labute approximate surface area is 120 Å². The zero-order chi connectivity index (χ0) is 12.9. The van der Waals surface area contributed by atoms with E-state index in [0.717, 1.165) is 0 Å². The fourth-order valence-electron chi connectivity index (χ4n) is 1.27. The highest BCUT2D eigenvalue weighted by atomic mass is 35.6. The molecule has 1 fully saturated rings. The average molecular weight is 321 g/mol. The quantitative estimate of drug-likeness (QED) is 0.346. The zero-order valence-electron chi connectivity index (χ0n) is 8.79. The molecule has 1 saturated heterocycles. The van der Waals surface area contributed by atoms with Crippen LogP contribution in [0.1, 0.15) is 0 Å². The topological polar surface area (TPSA) is 53.6 Å². The number of nitrogens with one attached hydrogen (secondary N) is 2. The first-order valence-electron chi connectivity index (χ1n) is 4.84. The Morgan fingerprint density at radius 2 is 2.00 bits per heavy atom. The first-order valence-corrected chi connectivity index (χ1v) is 6.39. The molecule has 5 nitrogen and oxygen atoms in total. The van der Waals surface area contributed by atoms with Crippen LogP contribution in [0.4, 0.5) is 0 Å². The lowest BCUT2D eigenvalue weighted by Gasteiger charge is -2.33. The predicted octanol–water partition coefficient (Wildman–Crippen LogP) is 0.635. The third-order valence-electron chi connectivity index (χ3n) is 2.13. The van der Waals surface area contributed by atoms with Crippen LogP contribution in [-0.4, -0.2) is 52.7 Å². The molecule has 17 heavy (non-hydrogen) atoms. The first kappa shape index (κ1) is 15.0. The third kappa shape index (κ3) is 5.01. The van der Waals surface area contributed by atoms with Gasteiger partial charge in [0.25, 0.3) is 0 Å². The van der Waals surface area contributed by atoms with Gasteiger partial charge in [-0.15, -0.1) is 0 Å². The van der Waals surface area contributed by atoms with Crippen molar-refractivity contribution in [2.75, 3.05) is 26.3 Å². The second-order valence-electron chi connectivity index (χ2n) is 3.31. The van der Waals surface area contributed by atoms with Crippen molar-refractivity contribution in [1.82, 2.24) is 15.5 Å². The predicted molar refractivity (Wildman–Crippen MR) is 71.4 cm³/mol. The molecule has 1 atom stereocenters. The molecular formula is C8H12Cl3N3O2S. The van der Waals surface area contributed by atoms with Gasteiger partial charge in [0, 0.05) is 13.1 Å². The number of hydrogen-bond donors (Lipinski definition) is 2. The summed E-state index contributed by atoms with van der Waals surface area (Å²) in [6, 6.07) is 0. The minimum absolute atomic E-state index is 0.416. The lowest BCUT2D eigenvalue weighted by atomic mass is 10.4. The number of rotatable bonds is 3. The van der Waals surface area contributed by atoms with Crippen molar-refractivity contribution in [2.24, 2.45) is 0 Å². The standard InChI is InChI=1S/C8H12Cl3N3O2S/c9-8(10,11)6(12-5-15)13-7(17)14-1-3-16-4-2-14/h5-6H,1-4H2,(H,12,15)(H,13,17)/t6-/m1/s1. The molecule has 1 rings (SSSR count). The van der Waals surface area contributed by atoms with E-state index in [4.69, 9.17) is 51.8 Å². The molecule has 0 saturated carbocycles. The van der Waals surface area contributed by atoms with Crippen molar-refractivity contribution >= 4 is 58.5 Å². The summed E-state index contributed by atoms with van der Waals surface area (Å²) in [5, 5.41) is 5.57. The minimum atomic E-state index is -1.68. The number of carbonyl (C=O) groups is 1. The molecule has 0 bridgehead atoms. The van der Waals surface area contributed by atoms with Crippen molar-refractivity contribution in [1.29, 1.82) is 0 Å². The Bertz CT molecular complexity index is 282. The van der Waals surface area contributed by atoms with Crippen molar-refractivity contribution in [3.63, 3.8) is 0 Å². The molecule has 0 spiro atoms. The van der Waals surface area contributed by atoms with Gasteiger partial charge >= 0.3 is 0 Å². The maximum absolute atomic E-state index is 10.4. The van der Waals surface area contributed by atoms with Gasteiger partial charge in [-0.1, -0.05) is 34.8 Å². The van der Waals surface area contributed by atoms with Gasteiger partial charge in [-0.2, -0.15) is 0 Å². The number of hydrogen-bond acceptors (Lipinski definition) is 3. The number of nitrogens with zero attached hydrogens (tertiary/aromatic N) is 1. The van der Waals surface area contributed by atoms with E-state index in [2.05, 4.69) is 10.6 Å². The smallest absolute Gasteiger partial charge is 0.228 e. The van der Waals surface area contributed by atoms with E-state index in [-0.39, 0.29) is 0 Å². The van der Waals surface area contributed by atoms with Gasteiger partial charge in [-0.05, 0) is 12.2 Å². The number of morpholine rings is 1. The number of halogens is 3. The van der Waals surface area contributed by atoms with Gasteiger partial charge in [0.05, 0.1) is 13.2 Å². The van der Waals surface area contributed by atoms with Crippen LogP contribution in [0.25, 0.3) is 0 Å². The number of ether oxygens (including phenoxy) is 1. The summed E-state index contributed by atoms with van der Waals surface area (Å²) in [6.07, 6.45) is -0.429. The van der Waals surface area contributed by atoms with Crippen molar-refractivity contribution < 1.29 is 9.53 Å². The Morgan fingerprint density at radius 3 is 2.47 bits per heavy atom. The molecule has 0 radical (unpaired) electrons. The molecule has 0 aromatic heterocycles. The van der Waals surface area contributed by atoms with Crippen LogP contribution < -0.4 is 10.6 Å². The number of carbonyl (C=O) groups excluding carboxylic acids is 1. The maximum atomic E-state index is 10.4. The van der Waals surface area contributed by atoms with Crippen LogP contribution in [0.3, 0.4) is 0 Å². The highest BCUT2D eigenvalue weighted by Crippen LogP contribution is 2.28. The summed E-state index contributed by atoms with van der Waals surface area (Å²) in [7, 11) is 0. The summed E-state index contributed by atoms with van der Waals surface area (Å²) >= 11 is 22.3. The lowest BCUT2D eigenvalue weighted by molar-refractivity contribution is -0.110. The molecule has 1 heterocycles. The van der Waals surface area contributed by atoms with Crippen LogP contribution in [0.2, 0.25) is 0 Å². The summed E-state index contributed by atoms with van der Waals surface area (Å²) in [6.45, 7) is 2.53. The second kappa shape index (κ2) is 6.80. The van der Waals surface area contributed by atoms with E-state index in [1.807, 2.05) is 4.90 Å². The van der Waals surface area contributed by atoms with Crippen molar-refractivity contribution in [3.05, 3.63) is 0 Å². The van der Waals surface area contributed by atoms with Crippen LogP contribution in [0, 0.1) is 0 Å². The Kier molecular flexibility index (Phi) is 6.02. The molecule has 0 aromatic carbocycles. The number of alkyl halides is 3. The number of thiocarbonyl (C=S) groups is 1. The van der Waals surface area contributed by atoms with Gasteiger partial charge in [0.2, 0.25) is 10.2 Å². The van der Waals surface area contributed by atoms with Crippen LogP contribution in [0.15, 0.2) is 0 Å². The summed E-state index contributed by atoms with van der Waals surface area (Å²) < 4.78 is 3.51. The van der Waals surface area contributed by atoms with Crippen LogP contribution in [-0.2, 0) is 9.53 Å². The van der Waals surface area contributed by atoms with Crippen LogP contribution >= 0.6 is 47.0 Å². The fourth-order valence-corrected chi connectivity index (χ4v) is 1.92. The van der Waals surface area contributed by atoms with Gasteiger partial charge < -0.3 is 20.3 Å². The largest absolute Gasteiger partial charge is 0.378 e. The molecule has 0 aromatic rings. The molecule has 0 unspecified atom stereocenters. The SMILES string of the molecule is O=CN[C@H](NC(=S)N1CCOCC1)C(Cl)(Cl)Cl. The van der Waals surface area contributed by atoms with E-state index in [0.29, 0.717) is 37.8 Å². The molecular weight excluding hydrogens is 309 g/mol. The Balaban J connectivity index is 2.53. The Hall–Kier alpha value is -0.0100. The van der Waals surface area contributed by atoms with E-state index in [9.17, 15) is 4.79 Å². The minimum Gasteiger partial charge on any atom is -0.378 e. The third-order valence-corrected chi connectivity index (χ3v) is 3.16. The summed E-state index contributed by atoms with van der Waals surface area (Å²) in [4.78, 5) is 12.3. The molecule has 1 aliphatic heterocycles. The zero-order valence-corrected chi connectivity index (χ0v) is 11.9. The highest BCUT2D eigenvalue weighted by molar-refractivity contribution is 7.80. The van der Waals surface area contributed by atoms with E-state index >= 15 is 0 Å². The number of amides is 1. The molecule has 1 amide bonds. The van der Waals surface area contributed by atoms with Crippen molar-refractivity contribution in [2.45, 2.75) is 9.96 Å². The molecule has 9 heteroatoms. The molecule has 2 N–H and O–H groups in total. The highest BCUT2D eigenvalue weighted by Gasteiger charge is 2.33. The lowest BCUT2D eigenvalue weighted by Crippen LogP contribution is -2.57. The van der Waals surface area contributed by atoms with E-state index < -0.39 is 9.96 Å². The normalized spacial score (nSPS) is 18.4. The van der Waals surface area contributed by atoms with Gasteiger partial charge in [-0.25, -0.2) is 0 Å². The fraction of sp³-hybridized carbons (Fsp3) is 0.750.